The van der Waals surface area contributed by atoms with Gasteiger partial charge in [-0.15, -0.1) is 0 Å². The van der Waals surface area contributed by atoms with Gasteiger partial charge in [0, 0.05) is 77.9 Å². The van der Waals surface area contributed by atoms with Crippen LogP contribution in [-0.2, 0) is 10.8 Å². The molecule has 1 fully saturated rings. The number of aromatic nitrogens is 2. The number of rotatable bonds is 9. The van der Waals surface area contributed by atoms with E-state index in [0.717, 1.165) is 24.2 Å². The molecule has 4 nitrogen and oxygen atoms in total. The van der Waals surface area contributed by atoms with Gasteiger partial charge in [0.05, 0.1) is 33.4 Å². The maximum Gasteiger partial charge on any atom is 0.252 e. The highest BCUT2D eigenvalue weighted by Gasteiger charge is 2.47. The fourth-order valence-corrected chi connectivity index (χ4v) is 17.4. The second kappa shape index (κ2) is 23.9. The van der Waals surface area contributed by atoms with Gasteiger partial charge in [-0.1, -0.05) is 243 Å². The largest absolute Gasteiger partial charge is 0.310 e. The molecule has 0 saturated heterocycles. The first-order valence-electron chi connectivity index (χ1n) is 36.7. The van der Waals surface area contributed by atoms with Crippen molar-refractivity contribution in [1.82, 2.24) is 9.13 Å². The molecule has 13 aromatic carbocycles. The molecule has 0 unspecified atom stereocenters. The van der Waals surface area contributed by atoms with Crippen molar-refractivity contribution in [2.45, 2.75) is 118 Å². The highest BCUT2D eigenvalue weighted by atomic mass is 15.2. The van der Waals surface area contributed by atoms with Gasteiger partial charge in [0.25, 0.3) is 6.71 Å². The summed E-state index contributed by atoms with van der Waals surface area (Å²) in [6, 6.07) is 104. The zero-order valence-electron chi connectivity index (χ0n) is 59.9. The van der Waals surface area contributed by atoms with Crippen molar-refractivity contribution in [3.8, 4) is 55.9 Å². The molecule has 15 aromatic rings. The molecule has 0 spiro atoms. The molecule has 0 radical (unpaired) electrons. The highest BCUT2D eigenvalue weighted by Crippen LogP contribution is 2.56. The molecule has 18 rings (SSSR count). The molecule has 1 aliphatic carbocycles. The van der Waals surface area contributed by atoms with Crippen LogP contribution < -0.4 is 26.2 Å². The molecule has 101 heavy (non-hydrogen) atoms. The minimum absolute atomic E-state index is 0.175. The maximum absolute atomic E-state index is 2.79. The van der Waals surface area contributed by atoms with Crippen molar-refractivity contribution in [1.29, 1.82) is 0 Å². The monoisotopic (exact) mass is 1300 g/mol. The van der Waals surface area contributed by atoms with Crippen LogP contribution in [0.5, 0.6) is 0 Å². The lowest BCUT2D eigenvalue weighted by Gasteiger charge is -2.46. The summed E-state index contributed by atoms with van der Waals surface area (Å²) in [6.07, 6.45) is 5.94. The van der Waals surface area contributed by atoms with Crippen LogP contribution in [0.4, 0.5) is 34.1 Å². The van der Waals surface area contributed by atoms with E-state index >= 15 is 0 Å². The number of hydrogen-bond acceptors (Lipinski definition) is 2. The van der Waals surface area contributed by atoms with Gasteiger partial charge in [0.15, 0.2) is 0 Å². The first kappa shape index (κ1) is 62.4. The van der Waals surface area contributed by atoms with E-state index < -0.39 is 0 Å². The van der Waals surface area contributed by atoms with E-state index in [1.54, 1.807) is 0 Å². The predicted molar refractivity (Wildman–Crippen MR) is 433 cm³/mol. The minimum Gasteiger partial charge on any atom is -0.310 e. The fraction of sp³-hybridized carbons (Fsp3) is 0.188. The molecule has 3 aliphatic rings. The molecule has 4 heterocycles. The van der Waals surface area contributed by atoms with E-state index in [0.29, 0.717) is 5.92 Å². The minimum atomic E-state index is -0.199. The number of fused-ring (bicyclic) bond motifs is 10. The zero-order valence-corrected chi connectivity index (χ0v) is 59.9. The zero-order chi connectivity index (χ0) is 68.7. The SMILES string of the molecule is Cc1ccc2c3ccc(C)cc3n(-c3ccc4c(c3)N(c3c(-c5ccccc5)cc(C(C)(C)C)cc3-c3ccccc3)c3cc(C5CCCCC5)cc5c3B4c3ccc(-n4c6cc(C)ccc6c6ccc(C)cc64)cc3N5c3c(-c4ccccc4)cc(C(C)(C)C)cc3-c3ccccc3)c2c1. The van der Waals surface area contributed by atoms with Gasteiger partial charge in [-0.25, -0.2) is 0 Å². The Morgan fingerprint density at radius 3 is 0.941 bits per heavy atom. The number of nitrogens with zero attached hydrogens (tertiary/aromatic N) is 4. The van der Waals surface area contributed by atoms with Crippen LogP contribution in [0, 0.1) is 27.7 Å². The van der Waals surface area contributed by atoms with Crippen molar-refractivity contribution >= 4 is 101 Å². The van der Waals surface area contributed by atoms with Crippen LogP contribution >= 0.6 is 0 Å². The Morgan fingerprint density at radius 2 is 0.634 bits per heavy atom. The van der Waals surface area contributed by atoms with Crippen LogP contribution in [0.1, 0.15) is 119 Å². The molecule has 492 valence electrons. The second-order valence-electron chi connectivity index (χ2n) is 31.5. The van der Waals surface area contributed by atoms with E-state index in [1.807, 2.05) is 0 Å². The lowest BCUT2D eigenvalue weighted by Crippen LogP contribution is -2.61. The van der Waals surface area contributed by atoms with Crippen molar-refractivity contribution in [2.75, 3.05) is 9.80 Å². The summed E-state index contributed by atoms with van der Waals surface area (Å²) in [6.45, 7) is 23.0. The quantitative estimate of drug-likeness (QED) is 0.134. The van der Waals surface area contributed by atoms with Gasteiger partial charge in [-0.2, -0.15) is 0 Å². The van der Waals surface area contributed by atoms with Crippen molar-refractivity contribution in [2.24, 2.45) is 0 Å². The third kappa shape index (κ3) is 10.4. The summed E-state index contributed by atoms with van der Waals surface area (Å²) >= 11 is 0. The molecule has 0 N–H and O–H groups in total. The Hall–Kier alpha value is -10.9. The molecule has 0 bridgehead atoms. The van der Waals surface area contributed by atoms with Crippen LogP contribution in [0.25, 0.3) is 99.5 Å². The Balaban J connectivity index is 1.04. The number of aryl methyl sites for hydroxylation is 4. The molecule has 1 saturated carbocycles. The molecule has 2 aromatic heterocycles. The summed E-state index contributed by atoms with van der Waals surface area (Å²) in [5.74, 6) is 0.344. The lowest BCUT2D eigenvalue weighted by molar-refractivity contribution is 0.444. The van der Waals surface area contributed by atoms with E-state index in [9.17, 15) is 0 Å². The number of anilines is 6. The van der Waals surface area contributed by atoms with Gasteiger partial charge in [-0.3, -0.25) is 0 Å². The van der Waals surface area contributed by atoms with Crippen LogP contribution in [0.3, 0.4) is 0 Å². The van der Waals surface area contributed by atoms with E-state index in [4.69, 9.17) is 0 Å². The standard InChI is InChI=1S/C96H85BN4/c1-60-36-42-74-75-43-37-61(2)49-85(75)98(84(74)48-60)72-40-46-82-88(58-72)100(93-78(65-28-18-12-19-29-65)54-70(95(5,6)7)55-79(93)66-30-20-13-21-31-66)90-52-69(64-26-16-11-17-27-64)53-91-92(90)97(82)83-47-41-73(99-86-50-62(3)38-44-76(86)77-45-39-63(4)51-87(77)99)59-89(83)101(91)94-80(67-32-22-14-23-33-67)56-71(96(8,9)10)57-81(94)68-34-24-15-25-35-68/h12-15,18-25,28-59,64H,11,16-17,26-27H2,1-10H3. The lowest BCUT2D eigenvalue weighted by atomic mass is 9.33. The van der Waals surface area contributed by atoms with Crippen LogP contribution in [0.15, 0.2) is 267 Å². The van der Waals surface area contributed by atoms with Crippen molar-refractivity contribution in [3.63, 3.8) is 0 Å². The van der Waals surface area contributed by atoms with Gasteiger partial charge in [-0.05, 0) is 220 Å². The highest BCUT2D eigenvalue weighted by molar-refractivity contribution is 7.00. The smallest absolute Gasteiger partial charge is 0.252 e. The average molecular weight is 1310 g/mol. The Kier molecular flexibility index (Phi) is 14.8. The first-order valence-corrected chi connectivity index (χ1v) is 36.7. The maximum atomic E-state index is 2.79. The van der Waals surface area contributed by atoms with Gasteiger partial charge < -0.3 is 18.9 Å². The summed E-state index contributed by atoms with van der Waals surface area (Å²) in [7, 11) is 0. The summed E-state index contributed by atoms with van der Waals surface area (Å²) < 4.78 is 5.13. The third-order valence-corrected chi connectivity index (χ3v) is 22.5. The molecule has 0 atom stereocenters. The molecular formula is C96H85BN4. The molecular weight excluding hydrogens is 1220 g/mol. The number of hydrogen-bond donors (Lipinski definition) is 0. The average Bonchev–Trinajstić information content (AvgIpc) is 1.12. The first-order chi connectivity index (χ1) is 49.0. The number of benzene rings is 13. The normalized spacial score (nSPS) is 13.9. The summed E-state index contributed by atoms with van der Waals surface area (Å²) in [5.41, 5.74) is 36.3. The van der Waals surface area contributed by atoms with Crippen LogP contribution in [-0.4, -0.2) is 15.8 Å². The van der Waals surface area contributed by atoms with Crippen LogP contribution in [0.2, 0.25) is 0 Å². The van der Waals surface area contributed by atoms with Gasteiger partial charge in [0.1, 0.15) is 0 Å². The predicted octanol–water partition coefficient (Wildman–Crippen LogP) is 24.5. The van der Waals surface area contributed by atoms with Crippen molar-refractivity contribution in [3.05, 3.63) is 306 Å². The van der Waals surface area contributed by atoms with Gasteiger partial charge >= 0.3 is 0 Å². The Labute approximate surface area is 595 Å². The second-order valence-corrected chi connectivity index (χ2v) is 31.5. The third-order valence-electron chi connectivity index (χ3n) is 22.5. The summed E-state index contributed by atoms with van der Waals surface area (Å²) in [4.78, 5) is 5.59. The Bertz CT molecular complexity index is 5230. The van der Waals surface area contributed by atoms with Crippen molar-refractivity contribution < 1.29 is 0 Å². The molecule has 2 aliphatic heterocycles. The molecule has 5 heteroatoms. The Morgan fingerprint density at radius 1 is 0.317 bits per heavy atom. The van der Waals surface area contributed by atoms with Gasteiger partial charge in [0.2, 0.25) is 0 Å². The fourth-order valence-electron chi connectivity index (χ4n) is 17.4. The topological polar surface area (TPSA) is 16.3 Å². The van der Waals surface area contributed by atoms with E-state index in [2.05, 4.69) is 355 Å². The molecule has 0 amide bonds. The van der Waals surface area contributed by atoms with E-state index in [-0.39, 0.29) is 17.5 Å². The summed E-state index contributed by atoms with van der Waals surface area (Å²) in [5, 5.41) is 5.03. The van der Waals surface area contributed by atoms with E-state index in [1.165, 1.54) is 197 Å².